The Bertz CT molecular complexity index is 1640. The van der Waals surface area contributed by atoms with Crippen molar-refractivity contribution in [2.75, 3.05) is 26.3 Å². The molecule has 2 saturated heterocycles. The van der Waals surface area contributed by atoms with Crippen LogP contribution in [0, 0.1) is 11.8 Å². The summed E-state index contributed by atoms with van der Waals surface area (Å²) in [7, 11) is 0. The molecule has 45 heavy (non-hydrogen) atoms. The highest BCUT2D eigenvalue weighted by Gasteiger charge is 2.59. The van der Waals surface area contributed by atoms with E-state index in [1.807, 2.05) is 99.6 Å². The second-order valence-corrected chi connectivity index (χ2v) is 13.8. The molecule has 4 atom stereocenters. The molecule has 7 nitrogen and oxygen atoms in total. The maximum Gasteiger partial charge on any atom is 0.419 e. The highest BCUT2D eigenvalue weighted by molar-refractivity contribution is 5.98. The smallest absolute Gasteiger partial charge is 0.419 e. The minimum atomic E-state index is -0.914. The van der Waals surface area contributed by atoms with Gasteiger partial charge in [-0.15, -0.1) is 0 Å². The van der Waals surface area contributed by atoms with Gasteiger partial charge >= 0.3 is 6.09 Å². The van der Waals surface area contributed by atoms with Crippen molar-refractivity contribution >= 4 is 22.8 Å². The van der Waals surface area contributed by atoms with Gasteiger partial charge in [0.2, 0.25) is 0 Å². The molecule has 2 fully saturated rings. The van der Waals surface area contributed by atoms with Crippen LogP contribution in [0.4, 0.5) is 4.79 Å². The molecule has 0 spiro atoms. The largest absolute Gasteiger partial charge is 0.443 e. The predicted octanol–water partition coefficient (Wildman–Crippen LogP) is 7.06. The Kier molecular flexibility index (Phi) is 7.88. The number of ether oxygens (including phenoxy) is 3. The number of Topliss-reactive ketones (excluding diaryl/α,β-unsaturated/α-hetero) is 1. The summed E-state index contributed by atoms with van der Waals surface area (Å²) in [6.45, 7) is 8.61. The summed E-state index contributed by atoms with van der Waals surface area (Å²) in [4.78, 5) is 31.5. The summed E-state index contributed by atoms with van der Waals surface area (Å²) >= 11 is 0. The van der Waals surface area contributed by atoms with Crippen LogP contribution in [0.2, 0.25) is 0 Å². The van der Waals surface area contributed by atoms with Crippen molar-refractivity contribution in [1.29, 1.82) is 0 Å². The van der Waals surface area contributed by atoms with Crippen LogP contribution < -0.4 is 0 Å². The summed E-state index contributed by atoms with van der Waals surface area (Å²) in [6.07, 6.45) is 1.06. The number of carbonyl (C=O) groups is 2. The van der Waals surface area contributed by atoms with Gasteiger partial charge in [-0.2, -0.15) is 0 Å². The molecule has 0 N–H and O–H groups in total. The van der Waals surface area contributed by atoms with E-state index in [1.54, 1.807) is 4.57 Å². The second kappa shape index (κ2) is 11.9. The first-order valence-electron chi connectivity index (χ1n) is 16.2. The Balaban J connectivity index is 1.43. The number of para-hydroxylation sites is 1. The lowest BCUT2D eigenvalue weighted by atomic mass is 9.69. The van der Waals surface area contributed by atoms with Gasteiger partial charge < -0.3 is 14.2 Å². The molecule has 1 aromatic heterocycles. The molecule has 1 unspecified atom stereocenters. The Morgan fingerprint density at radius 2 is 1.40 bits per heavy atom. The molecule has 2 aliphatic heterocycles. The number of hydrogen-bond donors (Lipinski definition) is 0. The zero-order chi connectivity index (χ0) is 31.2. The van der Waals surface area contributed by atoms with Crippen LogP contribution in [0.5, 0.6) is 0 Å². The number of carbonyl (C=O) groups excluding carboxylic acids is 2. The van der Waals surface area contributed by atoms with Crippen LogP contribution in [0.1, 0.15) is 62.0 Å². The topological polar surface area (TPSA) is 70.0 Å². The van der Waals surface area contributed by atoms with Gasteiger partial charge in [0, 0.05) is 34.5 Å². The molecule has 4 bridgehead atoms. The van der Waals surface area contributed by atoms with Gasteiger partial charge in [-0.05, 0) is 63.9 Å². The molecule has 0 amide bonds. The fourth-order valence-corrected chi connectivity index (χ4v) is 7.98. The average molecular weight is 607 g/mol. The van der Waals surface area contributed by atoms with Crippen LogP contribution in [0.3, 0.4) is 0 Å². The number of fused-ring (bicyclic) bond motifs is 4. The lowest BCUT2D eigenvalue weighted by Crippen LogP contribution is -2.51. The SMILES string of the molecule is CC(C)(C)OC(=O)n1c2c(c3ccccc31)[C@@H]1[C@H]3CCN1CC[C@@H](C3=O)C2(COCc1ccccc1)COCc1ccccc1. The second-order valence-electron chi connectivity index (χ2n) is 13.8. The monoisotopic (exact) mass is 606 g/mol. The van der Waals surface area contributed by atoms with Crippen molar-refractivity contribution in [2.24, 2.45) is 11.8 Å². The minimum absolute atomic E-state index is 0.101. The molecule has 3 heterocycles. The van der Waals surface area contributed by atoms with E-state index in [1.165, 1.54) is 0 Å². The Morgan fingerprint density at radius 1 is 0.822 bits per heavy atom. The van der Waals surface area contributed by atoms with Crippen LogP contribution in [0.15, 0.2) is 84.9 Å². The highest BCUT2D eigenvalue weighted by Crippen LogP contribution is 2.56. The molecule has 1 aliphatic carbocycles. The van der Waals surface area contributed by atoms with E-state index in [2.05, 4.69) is 11.0 Å². The first kappa shape index (κ1) is 29.9. The average Bonchev–Trinajstić information content (AvgIpc) is 3.53. The van der Waals surface area contributed by atoms with Crippen molar-refractivity contribution in [1.82, 2.24) is 9.47 Å². The fourth-order valence-electron chi connectivity index (χ4n) is 7.98. The van der Waals surface area contributed by atoms with Crippen molar-refractivity contribution in [2.45, 2.75) is 63.9 Å². The van der Waals surface area contributed by atoms with E-state index < -0.39 is 17.1 Å². The van der Waals surface area contributed by atoms with Crippen molar-refractivity contribution in [3.63, 3.8) is 0 Å². The van der Waals surface area contributed by atoms with E-state index in [4.69, 9.17) is 14.2 Å². The fraction of sp³-hybridized carbons (Fsp3) is 0.421. The molecule has 3 aromatic carbocycles. The van der Waals surface area contributed by atoms with Gasteiger partial charge in [0.25, 0.3) is 0 Å². The Morgan fingerprint density at radius 3 is 2.02 bits per heavy atom. The Hall–Kier alpha value is -3.78. The van der Waals surface area contributed by atoms with Crippen LogP contribution in [-0.4, -0.2) is 53.2 Å². The molecule has 7 heteroatoms. The summed E-state index contributed by atoms with van der Waals surface area (Å²) < 4.78 is 21.1. The van der Waals surface area contributed by atoms with Gasteiger partial charge in [-0.3, -0.25) is 9.69 Å². The van der Waals surface area contributed by atoms with Crippen molar-refractivity contribution < 1.29 is 23.8 Å². The molecule has 0 saturated carbocycles. The number of benzene rings is 3. The standard InChI is InChI=1S/C38H42N2O5/c1-37(2,3)45-36(42)40-31-17-11-10-16-28(31)32-33-29-18-20-39(33)21-19-30(34(29)41)38(35(32)40,24-43-22-26-12-6-4-7-13-26)25-44-23-27-14-8-5-9-15-27/h4-17,29-30,33H,18-25H2,1-3H3/t29-,30+,33+/m1/s1. The van der Waals surface area contributed by atoms with E-state index in [9.17, 15) is 9.59 Å². The van der Waals surface area contributed by atoms with Crippen molar-refractivity contribution in [3.05, 3.63) is 107 Å². The maximum absolute atomic E-state index is 14.7. The third kappa shape index (κ3) is 5.41. The van der Waals surface area contributed by atoms with E-state index in [0.29, 0.717) is 19.6 Å². The van der Waals surface area contributed by atoms with Gasteiger partial charge in [0.1, 0.15) is 11.4 Å². The van der Waals surface area contributed by atoms with Gasteiger partial charge in [0.15, 0.2) is 0 Å². The maximum atomic E-state index is 14.7. The minimum Gasteiger partial charge on any atom is -0.443 e. The van der Waals surface area contributed by atoms with Crippen molar-refractivity contribution in [3.8, 4) is 0 Å². The summed E-state index contributed by atoms with van der Waals surface area (Å²) in [5, 5.41) is 0.992. The molecule has 7 rings (SSSR count). The third-order valence-corrected chi connectivity index (χ3v) is 9.78. The lowest BCUT2D eigenvalue weighted by Gasteiger charge is -2.42. The quantitative estimate of drug-likeness (QED) is 0.214. The molecule has 0 radical (unpaired) electrons. The number of aromatic nitrogens is 1. The summed E-state index contributed by atoms with van der Waals surface area (Å²) in [5.41, 5.74) is 3.16. The summed E-state index contributed by atoms with van der Waals surface area (Å²) in [6, 6.07) is 28.1. The third-order valence-electron chi connectivity index (χ3n) is 9.78. The Labute approximate surface area is 265 Å². The highest BCUT2D eigenvalue weighted by atomic mass is 16.6. The van der Waals surface area contributed by atoms with E-state index in [0.717, 1.165) is 52.8 Å². The predicted molar refractivity (Wildman–Crippen MR) is 173 cm³/mol. The normalized spacial score (nSPS) is 23.5. The van der Waals surface area contributed by atoms with Crippen LogP contribution in [-0.2, 0) is 37.6 Å². The molecular weight excluding hydrogens is 564 g/mol. The number of nitrogens with zero attached hydrogens (tertiary/aromatic N) is 2. The zero-order valence-corrected chi connectivity index (χ0v) is 26.4. The van der Waals surface area contributed by atoms with E-state index in [-0.39, 0.29) is 36.9 Å². The van der Waals surface area contributed by atoms with Gasteiger partial charge in [-0.25, -0.2) is 9.36 Å². The zero-order valence-electron chi connectivity index (χ0n) is 26.4. The van der Waals surface area contributed by atoms with Crippen LogP contribution in [0.25, 0.3) is 10.9 Å². The number of hydrogen-bond acceptors (Lipinski definition) is 6. The number of ketones is 1. The van der Waals surface area contributed by atoms with Gasteiger partial charge in [-0.1, -0.05) is 78.9 Å². The summed E-state index contributed by atoms with van der Waals surface area (Å²) in [5.74, 6) is -0.254. The molecule has 3 aliphatic rings. The molecule has 234 valence electrons. The molecular formula is C38H42N2O5. The lowest BCUT2D eigenvalue weighted by molar-refractivity contribution is -0.132. The van der Waals surface area contributed by atoms with Crippen LogP contribution >= 0.6 is 0 Å². The first-order chi connectivity index (χ1) is 21.8. The number of rotatable bonds is 8. The van der Waals surface area contributed by atoms with Gasteiger partial charge in [0.05, 0.1) is 37.4 Å². The first-order valence-corrected chi connectivity index (χ1v) is 16.2. The van der Waals surface area contributed by atoms with E-state index >= 15 is 0 Å². The molecule has 4 aromatic rings.